The lowest BCUT2D eigenvalue weighted by Crippen LogP contribution is -2.15. The van der Waals surface area contributed by atoms with Crippen LogP contribution in [0.2, 0.25) is 0 Å². The number of hydrogen-bond donors (Lipinski definition) is 2. The molecule has 0 saturated heterocycles. The Balaban J connectivity index is 1.73. The molecule has 7 heteroatoms. The Bertz CT molecular complexity index is 993. The van der Waals surface area contributed by atoms with E-state index in [0.29, 0.717) is 27.6 Å². The summed E-state index contributed by atoms with van der Waals surface area (Å²) in [5.41, 5.74) is 7.21. The van der Waals surface area contributed by atoms with E-state index < -0.39 is 5.91 Å². The molecule has 0 spiro atoms. The summed E-state index contributed by atoms with van der Waals surface area (Å²) < 4.78 is 5.80. The number of aryl methyl sites for hydroxylation is 1. The standard InChI is InChI=1S/C21H19N3O3S/c1-14-11-15(8-9-18(14)27-16-5-4-10-23-12-16)24-21(26)17-6-2-3-7-19(17)28-13-20(22)25/h2-12H,13H2,1H3,(H2,22,25)(H,24,26). The topological polar surface area (TPSA) is 94.3 Å². The smallest absolute Gasteiger partial charge is 0.256 e. The molecule has 142 valence electrons. The monoisotopic (exact) mass is 393 g/mol. The van der Waals surface area contributed by atoms with E-state index in [1.54, 1.807) is 48.8 Å². The van der Waals surface area contributed by atoms with Crippen molar-refractivity contribution in [1.29, 1.82) is 0 Å². The van der Waals surface area contributed by atoms with E-state index in [1.165, 1.54) is 11.8 Å². The minimum atomic E-state index is -0.431. The number of carbonyl (C=O) groups is 2. The molecule has 0 aliphatic carbocycles. The number of anilines is 1. The van der Waals surface area contributed by atoms with Crippen LogP contribution in [0.3, 0.4) is 0 Å². The van der Waals surface area contributed by atoms with Gasteiger partial charge in [-0.25, -0.2) is 0 Å². The molecule has 3 N–H and O–H groups in total. The summed E-state index contributed by atoms with van der Waals surface area (Å²) in [6, 6.07) is 16.1. The zero-order chi connectivity index (χ0) is 19.9. The molecule has 0 aliphatic heterocycles. The van der Waals surface area contributed by atoms with E-state index >= 15 is 0 Å². The van der Waals surface area contributed by atoms with Crippen LogP contribution in [0.4, 0.5) is 5.69 Å². The molecule has 2 amide bonds. The first-order valence-electron chi connectivity index (χ1n) is 8.53. The maximum absolute atomic E-state index is 12.7. The number of ether oxygens (including phenoxy) is 1. The van der Waals surface area contributed by atoms with Crippen molar-refractivity contribution in [3.05, 3.63) is 78.1 Å². The molecule has 0 unspecified atom stereocenters. The van der Waals surface area contributed by atoms with Crippen LogP contribution in [0, 0.1) is 6.92 Å². The van der Waals surface area contributed by atoms with Gasteiger partial charge in [-0.05, 0) is 55.0 Å². The average Bonchev–Trinajstić information content (AvgIpc) is 2.69. The van der Waals surface area contributed by atoms with E-state index in [0.717, 1.165) is 5.56 Å². The second kappa shape index (κ2) is 9.05. The normalized spacial score (nSPS) is 10.3. The third-order valence-corrected chi connectivity index (χ3v) is 4.89. The predicted molar refractivity (Wildman–Crippen MR) is 110 cm³/mol. The Morgan fingerprint density at radius 2 is 1.96 bits per heavy atom. The third-order valence-electron chi connectivity index (χ3n) is 3.80. The van der Waals surface area contributed by atoms with Gasteiger partial charge >= 0.3 is 0 Å². The summed E-state index contributed by atoms with van der Waals surface area (Å²) >= 11 is 1.24. The largest absolute Gasteiger partial charge is 0.455 e. The number of carbonyl (C=O) groups excluding carboxylic acids is 2. The zero-order valence-electron chi connectivity index (χ0n) is 15.2. The number of thioether (sulfide) groups is 1. The Morgan fingerprint density at radius 3 is 2.68 bits per heavy atom. The van der Waals surface area contributed by atoms with Gasteiger partial charge in [0.2, 0.25) is 5.91 Å². The van der Waals surface area contributed by atoms with Gasteiger partial charge in [-0.2, -0.15) is 0 Å². The van der Waals surface area contributed by atoms with E-state index in [1.807, 2.05) is 25.1 Å². The van der Waals surface area contributed by atoms with Crippen molar-refractivity contribution in [3.63, 3.8) is 0 Å². The highest BCUT2D eigenvalue weighted by Crippen LogP contribution is 2.28. The van der Waals surface area contributed by atoms with Crippen LogP contribution < -0.4 is 15.8 Å². The summed E-state index contributed by atoms with van der Waals surface area (Å²) in [6.45, 7) is 1.90. The summed E-state index contributed by atoms with van der Waals surface area (Å²) in [6.07, 6.45) is 3.31. The number of pyridine rings is 1. The minimum absolute atomic E-state index is 0.115. The highest BCUT2D eigenvalue weighted by molar-refractivity contribution is 8.00. The number of benzene rings is 2. The number of rotatable bonds is 7. The van der Waals surface area contributed by atoms with Gasteiger partial charge in [-0.3, -0.25) is 14.6 Å². The fraction of sp³-hybridized carbons (Fsp3) is 0.0952. The van der Waals surface area contributed by atoms with E-state index in [2.05, 4.69) is 10.3 Å². The van der Waals surface area contributed by atoms with Crippen LogP contribution >= 0.6 is 11.8 Å². The number of hydrogen-bond acceptors (Lipinski definition) is 5. The van der Waals surface area contributed by atoms with Gasteiger partial charge in [0.1, 0.15) is 11.5 Å². The van der Waals surface area contributed by atoms with Crippen molar-refractivity contribution in [3.8, 4) is 11.5 Å². The Kier molecular flexibility index (Phi) is 6.29. The molecule has 3 rings (SSSR count). The molecule has 3 aromatic rings. The molecule has 1 aromatic heterocycles. The molecular formula is C21H19N3O3S. The fourth-order valence-electron chi connectivity index (χ4n) is 2.50. The summed E-state index contributed by atoms with van der Waals surface area (Å²) in [5, 5.41) is 2.88. The van der Waals surface area contributed by atoms with Crippen LogP contribution in [0.5, 0.6) is 11.5 Å². The summed E-state index contributed by atoms with van der Waals surface area (Å²) in [5.74, 6) is 0.753. The molecule has 0 fully saturated rings. The van der Waals surface area contributed by atoms with Gasteiger partial charge in [-0.15, -0.1) is 11.8 Å². The summed E-state index contributed by atoms with van der Waals surface area (Å²) in [7, 11) is 0. The quantitative estimate of drug-likeness (QED) is 0.592. The Labute approximate surface area is 167 Å². The highest BCUT2D eigenvalue weighted by atomic mass is 32.2. The van der Waals surface area contributed by atoms with Gasteiger partial charge < -0.3 is 15.8 Å². The number of amides is 2. The number of nitrogens with two attached hydrogens (primary N) is 1. The van der Waals surface area contributed by atoms with Crippen molar-refractivity contribution >= 4 is 29.3 Å². The lowest BCUT2D eigenvalue weighted by molar-refractivity contribution is -0.115. The highest BCUT2D eigenvalue weighted by Gasteiger charge is 2.13. The Morgan fingerprint density at radius 1 is 1.14 bits per heavy atom. The average molecular weight is 393 g/mol. The first kappa shape index (κ1) is 19.4. The summed E-state index contributed by atoms with van der Waals surface area (Å²) in [4.78, 5) is 28.4. The van der Waals surface area contributed by atoms with Crippen LogP contribution in [0.1, 0.15) is 15.9 Å². The van der Waals surface area contributed by atoms with Crippen molar-refractivity contribution < 1.29 is 14.3 Å². The van der Waals surface area contributed by atoms with Gasteiger partial charge in [0, 0.05) is 16.8 Å². The van der Waals surface area contributed by atoms with Crippen molar-refractivity contribution in [2.45, 2.75) is 11.8 Å². The van der Waals surface area contributed by atoms with Gasteiger partial charge in [0.25, 0.3) is 5.91 Å². The van der Waals surface area contributed by atoms with Crippen LogP contribution in [-0.2, 0) is 4.79 Å². The molecule has 0 bridgehead atoms. The second-order valence-corrected chi connectivity index (χ2v) is 6.99. The lowest BCUT2D eigenvalue weighted by Gasteiger charge is -2.12. The van der Waals surface area contributed by atoms with Gasteiger partial charge in [0.15, 0.2) is 0 Å². The minimum Gasteiger partial charge on any atom is -0.455 e. The molecule has 6 nitrogen and oxygen atoms in total. The molecule has 0 saturated carbocycles. The SMILES string of the molecule is Cc1cc(NC(=O)c2ccccc2SCC(N)=O)ccc1Oc1cccnc1. The van der Waals surface area contributed by atoms with Crippen molar-refractivity contribution in [2.75, 3.05) is 11.1 Å². The number of nitrogens with zero attached hydrogens (tertiary/aromatic N) is 1. The predicted octanol–water partition coefficient (Wildman–Crippen LogP) is 4.01. The Hall–Kier alpha value is -3.32. The molecule has 28 heavy (non-hydrogen) atoms. The van der Waals surface area contributed by atoms with Crippen molar-refractivity contribution in [2.24, 2.45) is 5.73 Å². The maximum atomic E-state index is 12.7. The van der Waals surface area contributed by atoms with Crippen LogP contribution in [0.15, 0.2) is 71.9 Å². The zero-order valence-corrected chi connectivity index (χ0v) is 16.0. The van der Waals surface area contributed by atoms with E-state index in [-0.39, 0.29) is 11.7 Å². The maximum Gasteiger partial charge on any atom is 0.256 e. The van der Waals surface area contributed by atoms with Gasteiger partial charge in [-0.1, -0.05) is 12.1 Å². The van der Waals surface area contributed by atoms with Crippen LogP contribution in [0.25, 0.3) is 0 Å². The fourth-order valence-corrected chi connectivity index (χ4v) is 3.29. The molecule has 2 aromatic carbocycles. The molecule has 0 atom stereocenters. The number of primary amides is 1. The first-order valence-corrected chi connectivity index (χ1v) is 9.51. The third kappa shape index (κ3) is 5.11. The molecule has 1 heterocycles. The number of aromatic nitrogens is 1. The first-order chi connectivity index (χ1) is 13.5. The molecular weight excluding hydrogens is 374 g/mol. The molecule has 0 aliphatic rings. The second-order valence-electron chi connectivity index (χ2n) is 5.98. The molecule has 0 radical (unpaired) electrons. The number of nitrogens with one attached hydrogen (secondary N) is 1. The van der Waals surface area contributed by atoms with Crippen molar-refractivity contribution in [1.82, 2.24) is 4.98 Å². The van der Waals surface area contributed by atoms with Crippen LogP contribution in [-0.4, -0.2) is 22.6 Å². The van der Waals surface area contributed by atoms with E-state index in [9.17, 15) is 9.59 Å². The van der Waals surface area contributed by atoms with Gasteiger partial charge in [0.05, 0.1) is 17.5 Å². The van der Waals surface area contributed by atoms with E-state index in [4.69, 9.17) is 10.5 Å². The lowest BCUT2D eigenvalue weighted by atomic mass is 10.1.